The van der Waals surface area contributed by atoms with Gasteiger partial charge >= 0.3 is 0 Å². The molecule has 1 amide bonds. The Balaban J connectivity index is 1.52. The smallest absolute Gasteiger partial charge is 0.255 e. The highest BCUT2D eigenvalue weighted by molar-refractivity contribution is 6.05. The third-order valence-electron chi connectivity index (χ3n) is 6.12. The Morgan fingerprint density at radius 1 is 0.941 bits per heavy atom. The predicted octanol–water partition coefficient (Wildman–Crippen LogP) is 6.34. The van der Waals surface area contributed by atoms with Gasteiger partial charge in [0.2, 0.25) is 0 Å². The maximum atomic E-state index is 13.4. The largest absolute Gasteiger partial charge is 0.355 e. The molecular formula is C28H31FN4O. The Kier molecular flexibility index (Phi) is 6.98. The lowest BCUT2D eigenvalue weighted by Crippen LogP contribution is -2.15. The average Bonchev–Trinajstić information content (AvgIpc) is 3.03. The molecule has 0 fully saturated rings. The molecule has 2 N–H and O–H groups in total. The SMILES string of the molecule is Cc1c(C)n(CCCN(C)C)c2ccc(Nc3cccc(C(=O)Nc4cccc(F)c4)c3)cc12. The second kappa shape index (κ2) is 10.1. The number of halogens is 1. The van der Waals surface area contributed by atoms with Crippen LogP contribution in [0.4, 0.5) is 21.5 Å². The van der Waals surface area contributed by atoms with E-state index in [2.05, 4.69) is 66.2 Å². The van der Waals surface area contributed by atoms with Crippen molar-refractivity contribution in [3.8, 4) is 0 Å². The first kappa shape index (κ1) is 23.5. The lowest BCUT2D eigenvalue weighted by molar-refractivity contribution is 0.102. The van der Waals surface area contributed by atoms with Gasteiger partial charge in [-0.05, 0) is 101 Å². The monoisotopic (exact) mass is 458 g/mol. The lowest BCUT2D eigenvalue weighted by Gasteiger charge is -2.13. The first-order valence-corrected chi connectivity index (χ1v) is 11.5. The topological polar surface area (TPSA) is 49.3 Å². The van der Waals surface area contributed by atoms with Crippen molar-refractivity contribution in [2.24, 2.45) is 0 Å². The number of carbonyl (C=O) groups excluding carboxylic acids is 1. The summed E-state index contributed by atoms with van der Waals surface area (Å²) in [5.41, 5.74) is 6.51. The minimum absolute atomic E-state index is 0.286. The van der Waals surface area contributed by atoms with Gasteiger partial charge in [0, 0.05) is 45.8 Å². The van der Waals surface area contributed by atoms with Crippen LogP contribution in [0.15, 0.2) is 66.7 Å². The molecule has 0 spiro atoms. The highest BCUT2D eigenvalue weighted by Gasteiger charge is 2.12. The number of fused-ring (bicyclic) bond motifs is 1. The van der Waals surface area contributed by atoms with Crippen molar-refractivity contribution in [2.75, 3.05) is 31.3 Å². The second-order valence-electron chi connectivity index (χ2n) is 8.92. The molecule has 0 saturated carbocycles. The van der Waals surface area contributed by atoms with E-state index < -0.39 is 0 Å². The fourth-order valence-electron chi connectivity index (χ4n) is 4.24. The molecule has 0 bridgehead atoms. The summed E-state index contributed by atoms with van der Waals surface area (Å²) in [6.07, 6.45) is 1.10. The van der Waals surface area contributed by atoms with Crippen LogP contribution in [0.5, 0.6) is 0 Å². The van der Waals surface area contributed by atoms with Gasteiger partial charge in [-0.15, -0.1) is 0 Å². The number of amides is 1. The molecule has 0 saturated heterocycles. The summed E-state index contributed by atoms with van der Waals surface area (Å²) >= 11 is 0. The molecule has 5 nitrogen and oxygen atoms in total. The van der Waals surface area contributed by atoms with Crippen LogP contribution in [0.2, 0.25) is 0 Å². The summed E-state index contributed by atoms with van der Waals surface area (Å²) < 4.78 is 15.8. The first-order valence-electron chi connectivity index (χ1n) is 11.5. The molecule has 176 valence electrons. The Morgan fingerprint density at radius 2 is 1.68 bits per heavy atom. The number of nitrogens with zero attached hydrogens (tertiary/aromatic N) is 2. The number of rotatable bonds is 8. The van der Waals surface area contributed by atoms with Crippen LogP contribution in [0.25, 0.3) is 10.9 Å². The molecule has 0 unspecified atom stereocenters. The van der Waals surface area contributed by atoms with E-state index in [9.17, 15) is 9.18 Å². The Morgan fingerprint density at radius 3 is 2.44 bits per heavy atom. The number of nitrogens with one attached hydrogen (secondary N) is 2. The Hall–Kier alpha value is -3.64. The summed E-state index contributed by atoms with van der Waals surface area (Å²) in [6.45, 7) is 6.39. The Labute approximate surface area is 200 Å². The van der Waals surface area contributed by atoms with E-state index in [4.69, 9.17) is 0 Å². The zero-order valence-electron chi connectivity index (χ0n) is 20.2. The molecule has 0 radical (unpaired) electrons. The van der Waals surface area contributed by atoms with E-state index in [1.54, 1.807) is 24.3 Å². The predicted molar refractivity (Wildman–Crippen MR) is 139 cm³/mol. The van der Waals surface area contributed by atoms with Gasteiger partial charge in [0.05, 0.1) is 0 Å². The van der Waals surface area contributed by atoms with E-state index in [1.165, 1.54) is 34.3 Å². The molecule has 4 aromatic rings. The molecular weight excluding hydrogens is 427 g/mol. The van der Waals surface area contributed by atoms with Crippen molar-refractivity contribution in [1.82, 2.24) is 9.47 Å². The normalized spacial score (nSPS) is 11.2. The molecule has 3 aromatic carbocycles. The summed E-state index contributed by atoms with van der Waals surface area (Å²) in [7, 11) is 4.20. The molecule has 4 rings (SSSR count). The van der Waals surface area contributed by atoms with Crippen molar-refractivity contribution in [3.63, 3.8) is 0 Å². The second-order valence-corrected chi connectivity index (χ2v) is 8.92. The van der Waals surface area contributed by atoms with Gasteiger partial charge in [0.25, 0.3) is 5.91 Å². The third-order valence-corrected chi connectivity index (χ3v) is 6.12. The molecule has 0 aliphatic carbocycles. The summed E-state index contributed by atoms with van der Waals surface area (Å²) in [5, 5.41) is 7.39. The quantitative estimate of drug-likeness (QED) is 0.324. The van der Waals surface area contributed by atoms with Crippen molar-refractivity contribution in [2.45, 2.75) is 26.8 Å². The van der Waals surface area contributed by atoms with Gasteiger partial charge in [-0.2, -0.15) is 0 Å². The average molecular weight is 459 g/mol. The van der Waals surface area contributed by atoms with Gasteiger partial charge in [-0.1, -0.05) is 12.1 Å². The number of aromatic nitrogens is 1. The number of aryl methyl sites for hydroxylation is 2. The van der Waals surface area contributed by atoms with Gasteiger partial charge < -0.3 is 20.1 Å². The van der Waals surface area contributed by atoms with Crippen LogP contribution in [-0.2, 0) is 6.54 Å². The van der Waals surface area contributed by atoms with Crippen LogP contribution >= 0.6 is 0 Å². The van der Waals surface area contributed by atoms with Crippen molar-refractivity contribution in [3.05, 3.63) is 89.4 Å². The molecule has 0 aliphatic heterocycles. The zero-order valence-corrected chi connectivity index (χ0v) is 20.2. The van der Waals surface area contributed by atoms with E-state index >= 15 is 0 Å². The lowest BCUT2D eigenvalue weighted by atomic mass is 10.1. The Bertz CT molecular complexity index is 1330. The molecule has 1 aromatic heterocycles. The van der Waals surface area contributed by atoms with E-state index in [-0.39, 0.29) is 11.7 Å². The van der Waals surface area contributed by atoms with E-state index in [0.717, 1.165) is 30.9 Å². The maximum absolute atomic E-state index is 13.4. The molecule has 0 atom stereocenters. The van der Waals surface area contributed by atoms with E-state index in [1.807, 2.05) is 12.1 Å². The van der Waals surface area contributed by atoms with Gasteiger partial charge in [-0.3, -0.25) is 4.79 Å². The van der Waals surface area contributed by atoms with Gasteiger partial charge in [-0.25, -0.2) is 4.39 Å². The molecule has 34 heavy (non-hydrogen) atoms. The zero-order chi connectivity index (χ0) is 24.2. The number of hydrogen-bond donors (Lipinski definition) is 2. The van der Waals surface area contributed by atoms with Crippen molar-refractivity contribution in [1.29, 1.82) is 0 Å². The first-order chi connectivity index (χ1) is 16.3. The number of anilines is 3. The van der Waals surface area contributed by atoms with Crippen LogP contribution in [0.3, 0.4) is 0 Å². The van der Waals surface area contributed by atoms with Crippen molar-refractivity contribution >= 4 is 33.9 Å². The maximum Gasteiger partial charge on any atom is 0.255 e. The molecule has 1 heterocycles. The van der Waals surface area contributed by atoms with Crippen LogP contribution in [-0.4, -0.2) is 36.0 Å². The minimum Gasteiger partial charge on any atom is -0.355 e. The van der Waals surface area contributed by atoms with Gasteiger partial charge in [0.1, 0.15) is 5.82 Å². The number of carbonyl (C=O) groups is 1. The van der Waals surface area contributed by atoms with Crippen LogP contribution in [0.1, 0.15) is 28.0 Å². The molecule has 6 heteroatoms. The summed E-state index contributed by atoms with van der Waals surface area (Å²) in [4.78, 5) is 14.9. The highest BCUT2D eigenvalue weighted by atomic mass is 19.1. The van der Waals surface area contributed by atoms with Crippen LogP contribution in [0, 0.1) is 19.7 Å². The van der Waals surface area contributed by atoms with Crippen LogP contribution < -0.4 is 10.6 Å². The minimum atomic E-state index is -0.388. The number of hydrogen-bond acceptors (Lipinski definition) is 3. The fourth-order valence-corrected chi connectivity index (χ4v) is 4.24. The van der Waals surface area contributed by atoms with E-state index in [0.29, 0.717) is 11.3 Å². The van der Waals surface area contributed by atoms with Gasteiger partial charge in [0.15, 0.2) is 0 Å². The number of benzene rings is 3. The highest BCUT2D eigenvalue weighted by Crippen LogP contribution is 2.29. The third kappa shape index (κ3) is 5.29. The standard InChI is InChI=1S/C28H31FN4O/c1-19-20(2)33(15-7-14-32(3)4)27-13-12-25(18-26(19)27)30-23-10-5-8-21(16-23)28(34)31-24-11-6-9-22(29)17-24/h5-6,8-13,16-18,30H,7,14-15H2,1-4H3,(H,31,34). The van der Waals surface area contributed by atoms with Crippen molar-refractivity contribution < 1.29 is 9.18 Å². The molecule has 0 aliphatic rings. The fraction of sp³-hybridized carbons (Fsp3) is 0.250. The summed E-state index contributed by atoms with van der Waals surface area (Å²) in [5.74, 6) is -0.674. The summed E-state index contributed by atoms with van der Waals surface area (Å²) in [6, 6.07) is 19.6.